The summed E-state index contributed by atoms with van der Waals surface area (Å²) in [5, 5.41) is 1.53. The lowest BCUT2D eigenvalue weighted by Gasteiger charge is -2.20. The summed E-state index contributed by atoms with van der Waals surface area (Å²) in [6.45, 7) is 6.88. The SMILES string of the molecule is CCN(CC)CCOc1c(C(=O)OC)c2c3c(oc2c2ccccc12)C(=O)c1ccccc1C3=O. The molecule has 4 aromatic rings. The van der Waals surface area contributed by atoms with Gasteiger partial charge in [-0.15, -0.1) is 0 Å². The molecule has 0 atom stereocenters. The lowest BCUT2D eigenvalue weighted by atomic mass is 9.85. The van der Waals surface area contributed by atoms with Crippen molar-refractivity contribution in [2.24, 2.45) is 0 Å². The molecular weight excluding hydrogens is 446 g/mol. The Morgan fingerprint density at radius 3 is 2.20 bits per heavy atom. The van der Waals surface area contributed by atoms with Gasteiger partial charge in [-0.05, 0) is 13.1 Å². The van der Waals surface area contributed by atoms with Crippen LogP contribution >= 0.6 is 0 Å². The van der Waals surface area contributed by atoms with Crippen molar-refractivity contribution < 1.29 is 28.3 Å². The average molecular weight is 472 g/mol. The van der Waals surface area contributed by atoms with Gasteiger partial charge in [0.15, 0.2) is 11.5 Å². The van der Waals surface area contributed by atoms with Gasteiger partial charge in [0.2, 0.25) is 5.78 Å². The molecule has 1 heterocycles. The molecule has 0 saturated heterocycles. The standard InChI is InChI=1S/C28H25NO6/c1-4-29(5-2)14-15-34-25-18-12-8-9-13-19(18)26-20(22(25)28(32)33-3)21-23(30)16-10-6-7-11-17(16)24(31)27(21)35-26/h6-13H,4-5,14-15H2,1-3H3. The summed E-state index contributed by atoms with van der Waals surface area (Å²) in [5.41, 5.74) is 1.01. The molecule has 3 aromatic carbocycles. The third kappa shape index (κ3) is 3.51. The molecule has 35 heavy (non-hydrogen) atoms. The van der Waals surface area contributed by atoms with Gasteiger partial charge in [-0.3, -0.25) is 9.59 Å². The number of fused-ring (bicyclic) bond motifs is 6. The monoisotopic (exact) mass is 471 g/mol. The van der Waals surface area contributed by atoms with Gasteiger partial charge in [-0.1, -0.05) is 62.4 Å². The highest BCUT2D eigenvalue weighted by molar-refractivity contribution is 6.34. The van der Waals surface area contributed by atoms with Crippen molar-refractivity contribution in [3.63, 3.8) is 0 Å². The zero-order valence-electron chi connectivity index (χ0n) is 19.8. The second-order valence-corrected chi connectivity index (χ2v) is 8.33. The summed E-state index contributed by atoms with van der Waals surface area (Å²) in [4.78, 5) is 42.3. The molecule has 0 spiro atoms. The maximum atomic E-state index is 13.6. The van der Waals surface area contributed by atoms with E-state index in [1.54, 1.807) is 24.3 Å². The number of methoxy groups -OCH3 is 1. The van der Waals surface area contributed by atoms with Gasteiger partial charge in [0.25, 0.3) is 0 Å². The Morgan fingerprint density at radius 1 is 0.914 bits per heavy atom. The first-order valence-electron chi connectivity index (χ1n) is 11.6. The summed E-state index contributed by atoms with van der Waals surface area (Å²) in [6, 6.07) is 13.9. The predicted molar refractivity (Wildman–Crippen MR) is 132 cm³/mol. The van der Waals surface area contributed by atoms with Crippen LogP contribution in [0.25, 0.3) is 21.7 Å². The largest absolute Gasteiger partial charge is 0.491 e. The van der Waals surface area contributed by atoms with Gasteiger partial charge in [0.05, 0.1) is 18.1 Å². The van der Waals surface area contributed by atoms with E-state index < -0.39 is 11.8 Å². The summed E-state index contributed by atoms with van der Waals surface area (Å²) >= 11 is 0. The van der Waals surface area contributed by atoms with Crippen LogP contribution in [0.3, 0.4) is 0 Å². The number of hydrogen-bond donors (Lipinski definition) is 0. The van der Waals surface area contributed by atoms with Crippen molar-refractivity contribution in [2.45, 2.75) is 13.8 Å². The van der Waals surface area contributed by atoms with Crippen LogP contribution in [0.1, 0.15) is 56.2 Å². The smallest absolute Gasteiger partial charge is 0.342 e. The quantitative estimate of drug-likeness (QED) is 0.313. The molecule has 0 fully saturated rings. The Hall–Kier alpha value is -3.97. The minimum Gasteiger partial charge on any atom is -0.491 e. The molecule has 0 saturated carbocycles. The topological polar surface area (TPSA) is 86.0 Å². The van der Waals surface area contributed by atoms with Crippen LogP contribution in [0.4, 0.5) is 0 Å². The van der Waals surface area contributed by atoms with E-state index in [-0.39, 0.29) is 44.8 Å². The van der Waals surface area contributed by atoms with Gasteiger partial charge in [-0.2, -0.15) is 0 Å². The van der Waals surface area contributed by atoms with E-state index in [4.69, 9.17) is 13.9 Å². The molecule has 7 nitrogen and oxygen atoms in total. The van der Waals surface area contributed by atoms with Crippen LogP contribution in [-0.4, -0.2) is 55.8 Å². The van der Waals surface area contributed by atoms with E-state index in [9.17, 15) is 14.4 Å². The molecule has 0 N–H and O–H groups in total. The molecule has 0 aliphatic heterocycles. The summed E-state index contributed by atoms with van der Waals surface area (Å²) in [5.74, 6) is -1.19. The fraction of sp³-hybridized carbons (Fsp3) is 0.250. The molecule has 1 aliphatic carbocycles. The van der Waals surface area contributed by atoms with Crippen LogP contribution in [0.15, 0.2) is 52.9 Å². The highest BCUT2D eigenvalue weighted by Crippen LogP contribution is 2.45. The first kappa shape index (κ1) is 22.8. The fourth-order valence-corrected chi connectivity index (χ4v) is 4.76. The zero-order valence-corrected chi connectivity index (χ0v) is 19.8. The summed E-state index contributed by atoms with van der Waals surface area (Å²) in [6.07, 6.45) is 0. The minimum atomic E-state index is -0.665. The Kier molecular flexibility index (Phi) is 5.86. The number of hydrogen-bond acceptors (Lipinski definition) is 7. The van der Waals surface area contributed by atoms with Crippen LogP contribution in [0.2, 0.25) is 0 Å². The summed E-state index contributed by atoms with van der Waals surface area (Å²) < 4.78 is 17.4. The maximum absolute atomic E-state index is 13.6. The van der Waals surface area contributed by atoms with E-state index in [1.807, 2.05) is 24.3 Å². The van der Waals surface area contributed by atoms with Gasteiger partial charge in [0.1, 0.15) is 23.5 Å². The zero-order chi connectivity index (χ0) is 24.7. The first-order valence-corrected chi connectivity index (χ1v) is 11.6. The van der Waals surface area contributed by atoms with Crippen molar-refractivity contribution in [1.29, 1.82) is 0 Å². The van der Waals surface area contributed by atoms with Crippen molar-refractivity contribution >= 4 is 39.3 Å². The Bertz CT molecular complexity index is 1490. The van der Waals surface area contributed by atoms with Crippen molar-refractivity contribution in [1.82, 2.24) is 4.90 Å². The molecule has 178 valence electrons. The van der Waals surface area contributed by atoms with Crippen molar-refractivity contribution in [3.8, 4) is 5.75 Å². The molecule has 0 radical (unpaired) electrons. The van der Waals surface area contributed by atoms with E-state index in [1.165, 1.54) is 7.11 Å². The average Bonchev–Trinajstić information content (AvgIpc) is 3.30. The molecule has 0 unspecified atom stereocenters. The molecule has 0 bridgehead atoms. The number of rotatable bonds is 7. The normalized spacial score (nSPS) is 12.8. The second-order valence-electron chi connectivity index (χ2n) is 8.33. The number of furan rings is 1. The molecule has 0 amide bonds. The van der Waals surface area contributed by atoms with Crippen LogP contribution < -0.4 is 4.74 Å². The lowest BCUT2D eigenvalue weighted by molar-refractivity contribution is 0.0598. The number of carbonyl (C=O) groups is 3. The van der Waals surface area contributed by atoms with E-state index >= 15 is 0 Å². The van der Waals surface area contributed by atoms with Gasteiger partial charge >= 0.3 is 5.97 Å². The second kappa shape index (κ2) is 9.00. The lowest BCUT2D eigenvalue weighted by Crippen LogP contribution is -2.28. The highest BCUT2D eigenvalue weighted by Gasteiger charge is 2.38. The molecule has 1 aliphatic rings. The number of ether oxygens (including phenoxy) is 2. The highest BCUT2D eigenvalue weighted by atomic mass is 16.5. The Morgan fingerprint density at radius 2 is 1.54 bits per heavy atom. The third-order valence-corrected chi connectivity index (χ3v) is 6.59. The Balaban J connectivity index is 1.81. The fourth-order valence-electron chi connectivity index (χ4n) is 4.76. The minimum absolute atomic E-state index is 0.0701. The van der Waals surface area contributed by atoms with Crippen molar-refractivity contribution in [2.75, 3.05) is 33.4 Å². The molecular formula is C28H25NO6. The number of likely N-dealkylation sites (N-methyl/N-ethyl adjacent to an activating group) is 1. The van der Waals surface area contributed by atoms with Crippen LogP contribution in [0, 0.1) is 0 Å². The van der Waals surface area contributed by atoms with E-state index in [0.29, 0.717) is 29.7 Å². The van der Waals surface area contributed by atoms with Crippen LogP contribution in [0.5, 0.6) is 5.75 Å². The van der Waals surface area contributed by atoms with Gasteiger partial charge in [0, 0.05) is 28.4 Å². The number of carbonyl (C=O) groups excluding carboxylic acids is 3. The van der Waals surface area contributed by atoms with Crippen molar-refractivity contribution in [3.05, 3.63) is 76.5 Å². The number of benzene rings is 3. The molecule has 1 aromatic heterocycles. The first-order chi connectivity index (χ1) is 17.0. The van der Waals surface area contributed by atoms with Crippen LogP contribution in [-0.2, 0) is 4.74 Å². The maximum Gasteiger partial charge on any atom is 0.342 e. The predicted octanol–water partition coefficient (Wildman–Crippen LogP) is 4.87. The number of nitrogens with zero attached hydrogens (tertiary/aromatic N) is 1. The Labute approximate surface area is 202 Å². The number of esters is 1. The third-order valence-electron chi connectivity index (χ3n) is 6.59. The number of ketones is 2. The van der Waals surface area contributed by atoms with Gasteiger partial charge in [-0.25, -0.2) is 4.79 Å². The van der Waals surface area contributed by atoms with Gasteiger partial charge < -0.3 is 18.8 Å². The molecule has 7 heteroatoms. The summed E-state index contributed by atoms with van der Waals surface area (Å²) in [7, 11) is 1.28. The van der Waals surface area contributed by atoms with E-state index in [0.717, 1.165) is 13.1 Å². The molecule has 5 rings (SSSR count). The van der Waals surface area contributed by atoms with E-state index in [2.05, 4.69) is 18.7 Å².